The molecule has 2 saturated heterocycles. The number of rotatable bonds is 6. The zero-order valence-electron chi connectivity index (χ0n) is 14.3. The molecule has 2 unspecified atom stereocenters. The molecule has 134 valence electrons. The Kier molecular flexibility index (Phi) is 6.36. The minimum atomic E-state index is -0.271. The van der Waals surface area contributed by atoms with Gasteiger partial charge in [-0.2, -0.15) is 5.26 Å². The largest absolute Gasteiger partial charge is 0.379 e. The number of hydrogen-bond donors (Lipinski definition) is 3. The average Bonchev–Trinajstić information content (AvgIpc) is 3.15. The normalized spacial score (nSPS) is 24.0. The number of nitriles is 1. The predicted molar refractivity (Wildman–Crippen MR) is 93.9 cm³/mol. The van der Waals surface area contributed by atoms with Crippen molar-refractivity contribution >= 4 is 5.91 Å². The van der Waals surface area contributed by atoms with Gasteiger partial charge in [0.2, 0.25) is 0 Å². The Bertz CT molecular complexity index is 624. The van der Waals surface area contributed by atoms with E-state index in [4.69, 9.17) is 4.74 Å². The molecule has 0 bridgehead atoms. The summed E-state index contributed by atoms with van der Waals surface area (Å²) in [5.74, 6) is -0.00433. The molecule has 0 radical (unpaired) electrons. The van der Waals surface area contributed by atoms with E-state index in [9.17, 15) is 10.1 Å². The van der Waals surface area contributed by atoms with Crippen LogP contribution in [0.15, 0.2) is 24.3 Å². The van der Waals surface area contributed by atoms with Gasteiger partial charge in [0, 0.05) is 37.7 Å². The lowest BCUT2D eigenvalue weighted by atomic mass is 9.92. The third kappa shape index (κ3) is 4.77. The van der Waals surface area contributed by atoms with Gasteiger partial charge < -0.3 is 10.1 Å². The summed E-state index contributed by atoms with van der Waals surface area (Å²) in [5.41, 5.74) is 7.61. The van der Waals surface area contributed by atoms with Crippen LogP contribution in [-0.4, -0.2) is 62.8 Å². The van der Waals surface area contributed by atoms with Gasteiger partial charge in [0.1, 0.15) is 6.04 Å². The number of hydrogen-bond acceptors (Lipinski definition) is 6. The molecule has 3 N–H and O–H groups in total. The second-order valence-electron chi connectivity index (χ2n) is 6.43. The van der Waals surface area contributed by atoms with Gasteiger partial charge in [-0.15, -0.1) is 0 Å². The van der Waals surface area contributed by atoms with Crippen molar-refractivity contribution in [1.82, 2.24) is 21.1 Å². The zero-order valence-corrected chi connectivity index (χ0v) is 14.3. The van der Waals surface area contributed by atoms with Gasteiger partial charge in [0.25, 0.3) is 5.91 Å². The molecule has 0 aliphatic carbocycles. The molecule has 2 atom stereocenters. The number of carbonyl (C=O) groups excluding carboxylic acids is 1. The molecule has 3 rings (SSSR count). The van der Waals surface area contributed by atoms with E-state index in [2.05, 4.69) is 27.1 Å². The highest BCUT2D eigenvalue weighted by atomic mass is 16.5. The number of morpholine rings is 1. The van der Waals surface area contributed by atoms with Crippen LogP contribution in [0.1, 0.15) is 28.3 Å². The van der Waals surface area contributed by atoms with Crippen LogP contribution in [0.4, 0.5) is 0 Å². The van der Waals surface area contributed by atoms with E-state index in [0.29, 0.717) is 18.7 Å². The summed E-state index contributed by atoms with van der Waals surface area (Å²) in [6.07, 6.45) is 0.929. The molecule has 0 spiro atoms. The van der Waals surface area contributed by atoms with E-state index < -0.39 is 0 Å². The molecule has 25 heavy (non-hydrogen) atoms. The molecular weight excluding hydrogens is 318 g/mol. The molecule has 7 nitrogen and oxygen atoms in total. The molecule has 0 saturated carbocycles. The number of hydrazine groups is 1. The van der Waals surface area contributed by atoms with Crippen LogP contribution in [-0.2, 0) is 4.74 Å². The molecule has 7 heteroatoms. The van der Waals surface area contributed by atoms with Gasteiger partial charge in [0.05, 0.1) is 19.3 Å². The van der Waals surface area contributed by atoms with Crippen molar-refractivity contribution in [2.75, 3.05) is 45.9 Å². The summed E-state index contributed by atoms with van der Waals surface area (Å²) in [7, 11) is 0. The second kappa shape index (κ2) is 8.92. The molecule has 1 aromatic carbocycles. The van der Waals surface area contributed by atoms with Crippen molar-refractivity contribution in [3.8, 4) is 6.07 Å². The zero-order chi connectivity index (χ0) is 17.5. The highest BCUT2D eigenvalue weighted by molar-refractivity contribution is 5.94. The lowest BCUT2D eigenvalue weighted by molar-refractivity contribution is 0.0374. The van der Waals surface area contributed by atoms with E-state index in [1.165, 1.54) is 0 Å². The molecule has 2 aliphatic rings. The third-order valence-electron chi connectivity index (χ3n) is 4.74. The topological polar surface area (TPSA) is 89.4 Å². The number of carbonyl (C=O) groups is 1. The molecule has 1 amide bonds. The van der Waals surface area contributed by atoms with Gasteiger partial charge in [0.15, 0.2) is 0 Å². The summed E-state index contributed by atoms with van der Waals surface area (Å²) in [4.78, 5) is 14.7. The molecule has 2 fully saturated rings. The second-order valence-corrected chi connectivity index (χ2v) is 6.43. The standard InChI is InChI=1S/C18H25N5O2/c19-12-17-16(13-21-22-17)14-3-1-4-15(11-14)18(24)20-5-2-6-23-7-9-25-10-8-23/h1,3-4,11,16-17,21-22H,2,5-10,13H2,(H,20,24). The van der Waals surface area contributed by atoms with Crippen molar-refractivity contribution < 1.29 is 9.53 Å². The Morgan fingerprint density at radius 2 is 2.24 bits per heavy atom. The van der Waals surface area contributed by atoms with Crippen LogP contribution >= 0.6 is 0 Å². The van der Waals surface area contributed by atoms with Crippen molar-refractivity contribution in [2.45, 2.75) is 18.4 Å². The first kappa shape index (κ1) is 17.8. The highest BCUT2D eigenvalue weighted by Gasteiger charge is 2.28. The molecular formula is C18H25N5O2. The van der Waals surface area contributed by atoms with E-state index in [1.54, 1.807) is 0 Å². The number of ether oxygens (including phenoxy) is 1. The smallest absolute Gasteiger partial charge is 0.251 e. The quantitative estimate of drug-likeness (QED) is 0.641. The van der Waals surface area contributed by atoms with Crippen LogP contribution in [0.5, 0.6) is 0 Å². The van der Waals surface area contributed by atoms with Crippen LogP contribution in [0.25, 0.3) is 0 Å². The SMILES string of the molecule is N#CC1NNCC1c1cccc(C(=O)NCCCN2CCOCC2)c1. The van der Waals surface area contributed by atoms with Crippen molar-refractivity contribution in [3.63, 3.8) is 0 Å². The van der Waals surface area contributed by atoms with Crippen LogP contribution in [0, 0.1) is 11.3 Å². The number of nitrogens with zero attached hydrogens (tertiary/aromatic N) is 2. The van der Waals surface area contributed by atoms with Gasteiger partial charge in [-0.1, -0.05) is 12.1 Å². The van der Waals surface area contributed by atoms with Crippen LogP contribution in [0.3, 0.4) is 0 Å². The fraction of sp³-hybridized carbons (Fsp3) is 0.556. The summed E-state index contributed by atoms with van der Waals surface area (Å²) in [6.45, 7) is 5.87. The predicted octanol–water partition coefficient (Wildman–Crippen LogP) is 0.222. The minimum Gasteiger partial charge on any atom is -0.379 e. The lowest BCUT2D eigenvalue weighted by Gasteiger charge is -2.26. The Morgan fingerprint density at radius 1 is 1.40 bits per heavy atom. The Hall–Kier alpha value is -1.98. The molecule has 1 aromatic rings. The van der Waals surface area contributed by atoms with E-state index in [-0.39, 0.29) is 17.9 Å². The van der Waals surface area contributed by atoms with Gasteiger partial charge in [-0.05, 0) is 30.7 Å². The van der Waals surface area contributed by atoms with Crippen molar-refractivity contribution in [1.29, 1.82) is 5.26 Å². The van der Waals surface area contributed by atoms with E-state index in [0.717, 1.165) is 44.8 Å². The maximum absolute atomic E-state index is 12.4. The van der Waals surface area contributed by atoms with Crippen molar-refractivity contribution in [2.24, 2.45) is 0 Å². The Morgan fingerprint density at radius 3 is 3.04 bits per heavy atom. The summed E-state index contributed by atoms with van der Waals surface area (Å²) < 4.78 is 5.33. The Labute approximate surface area is 148 Å². The van der Waals surface area contributed by atoms with Gasteiger partial charge in [-0.25, -0.2) is 5.43 Å². The minimum absolute atomic E-state index is 0.0547. The lowest BCUT2D eigenvalue weighted by Crippen LogP contribution is -2.38. The maximum Gasteiger partial charge on any atom is 0.251 e. The fourth-order valence-electron chi connectivity index (χ4n) is 3.27. The molecule has 2 heterocycles. The van der Waals surface area contributed by atoms with Crippen molar-refractivity contribution in [3.05, 3.63) is 35.4 Å². The van der Waals surface area contributed by atoms with Crippen LogP contribution in [0.2, 0.25) is 0 Å². The summed E-state index contributed by atoms with van der Waals surface area (Å²) in [5, 5.41) is 12.2. The summed E-state index contributed by atoms with van der Waals surface area (Å²) >= 11 is 0. The number of benzene rings is 1. The summed E-state index contributed by atoms with van der Waals surface area (Å²) in [6, 6.07) is 9.53. The molecule has 0 aromatic heterocycles. The monoisotopic (exact) mass is 343 g/mol. The van der Waals surface area contributed by atoms with Gasteiger partial charge >= 0.3 is 0 Å². The average molecular weight is 343 g/mol. The molecule has 2 aliphatic heterocycles. The maximum atomic E-state index is 12.4. The number of nitrogens with one attached hydrogen (secondary N) is 3. The Balaban J connectivity index is 1.48. The van der Waals surface area contributed by atoms with Crippen LogP contribution < -0.4 is 16.2 Å². The van der Waals surface area contributed by atoms with Gasteiger partial charge in [-0.3, -0.25) is 15.1 Å². The fourth-order valence-corrected chi connectivity index (χ4v) is 3.27. The number of amides is 1. The first-order chi connectivity index (χ1) is 12.3. The van der Waals surface area contributed by atoms with E-state index >= 15 is 0 Å². The first-order valence-corrected chi connectivity index (χ1v) is 8.84. The van der Waals surface area contributed by atoms with E-state index in [1.807, 2.05) is 24.3 Å². The third-order valence-corrected chi connectivity index (χ3v) is 4.74. The first-order valence-electron chi connectivity index (χ1n) is 8.84. The highest BCUT2D eigenvalue weighted by Crippen LogP contribution is 2.22.